The summed E-state index contributed by atoms with van der Waals surface area (Å²) in [7, 11) is 0. The number of nitrogens with one attached hydrogen (secondary N) is 1. The summed E-state index contributed by atoms with van der Waals surface area (Å²) in [4.78, 5) is 4.84. The minimum absolute atomic E-state index is 0.103. The van der Waals surface area contributed by atoms with Gasteiger partial charge in [-0.25, -0.2) is 4.98 Å². The average molecular weight is 284 g/mol. The Hall–Kier alpha value is -0.450. The Kier molecular flexibility index (Phi) is 5.96. The Morgan fingerprint density at radius 2 is 1.95 bits per heavy atom. The van der Waals surface area contributed by atoms with Gasteiger partial charge in [-0.3, -0.25) is 0 Å². The number of thiazole rings is 1. The van der Waals surface area contributed by atoms with Crippen LogP contribution in [-0.2, 0) is 15.7 Å². The van der Waals surface area contributed by atoms with Gasteiger partial charge in [0, 0.05) is 17.4 Å². The number of hydrogen-bond donors (Lipinski definition) is 1. The topological polar surface area (TPSA) is 34.1 Å². The summed E-state index contributed by atoms with van der Waals surface area (Å²) in [5.74, 6) is 0. The van der Waals surface area contributed by atoms with E-state index in [9.17, 15) is 0 Å². The molecule has 0 saturated heterocycles. The summed E-state index contributed by atoms with van der Waals surface area (Å²) in [6.07, 6.45) is 1.11. The first-order valence-electron chi connectivity index (χ1n) is 7.12. The molecular weight excluding hydrogens is 256 g/mol. The second-order valence-corrected chi connectivity index (χ2v) is 7.04. The van der Waals surface area contributed by atoms with Crippen LogP contribution in [0, 0.1) is 0 Å². The lowest BCUT2D eigenvalue weighted by Crippen LogP contribution is -2.44. The minimum Gasteiger partial charge on any atom is -0.379 e. The van der Waals surface area contributed by atoms with E-state index in [1.165, 1.54) is 0 Å². The van der Waals surface area contributed by atoms with Gasteiger partial charge in [0.15, 0.2) is 0 Å². The minimum atomic E-state index is -0.180. The SMILES string of the molecule is CCCNC(C)(COCC)c1nc(C(C)(C)C)cs1. The highest BCUT2D eigenvalue weighted by molar-refractivity contribution is 7.09. The van der Waals surface area contributed by atoms with E-state index < -0.39 is 0 Å². The molecule has 0 saturated carbocycles. The predicted octanol–water partition coefficient (Wildman–Crippen LogP) is 3.69. The lowest BCUT2D eigenvalue weighted by Gasteiger charge is -2.28. The summed E-state index contributed by atoms with van der Waals surface area (Å²) < 4.78 is 5.65. The monoisotopic (exact) mass is 284 g/mol. The molecule has 0 amide bonds. The zero-order valence-corrected chi connectivity index (χ0v) is 14.0. The molecule has 1 aromatic rings. The molecule has 110 valence electrons. The lowest BCUT2D eigenvalue weighted by molar-refractivity contribution is 0.0830. The van der Waals surface area contributed by atoms with E-state index >= 15 is 0 Å². The van der Waals surface area contributed by atoms with Crippen LogP contribution in [0.4, 0.5) is 0 Å². The largest absolute Gasteiger partial charge is 0.379 e. The first-order valence-corrected chi connectivity index (χ1v) is 8.00. The molecule has 19 heavy (non-hydrogen) atoms. The van der Waals surface area contributed by atoms with Crippen molar-refractivity contribution in [3.05, 3.63) is 16.1 Å². The molecule has 0 aliphatic rings. The number of hydrogen-bond acceptors (Lipinski definition) is 4. The van der Waals surface area contributed by atoms with Gasteiger partial charge in [-0.05, 0) is 26.8 Å². The van der Waals surface area contributed by atoms with Crippen molar-refractivity contribution in [1.82, 2.24) is 10.3 Å². The average Bonchev–Trinajstić information content (AvgIpc) is 2.84. The Morgan fingerprint density at radius 1 is 1.26 bits per heavy atom. The lowest BCUT2D eigenvalue weighted by atomic mass is 9.93. The number of aromatic nitrogens is 1. The maximum absolute atomic E-state index is 5.65. The summed E-state index contributed by atoms with van der Waals surface area (Å²) >= 11 is 1.73. The number of rotatable bonds is 7. The Balaban J connectivity index is 2.93. The third-order valence-corrected chi connectivity index (χ3v) is 4.21. The van der Waals surface area contributed by atoms with Crippen molar-refractivity contribution in [2.45, 2.75) is 58.9 Å². The van der Waals surface area contributed by atoms with Gasteiger partial charge in [0.2, 0.25) is 0 Å². The van der Waals surface area contributed by atoms with Crippen molar-refractivity contribution in [2.75, 3.05) is 19.8 Å². The molecule has 0 bridgehead atoms. The predicted molar refractivity (Wildman–Crippen MR) is 83.0 cm³/mol. The van der Waals surface area contributed by atoms with E-state index in [0.29, 0.717) is 6.61 Å². The molecule has 3 nitrogen and oxygen atoms in total. The standard InChI is InChI=1S/C15H28N2OS/c1-7-9-16-15(6,11-18-8-2)13-17-12(10-19-13)14(3,4)5/h10,16H,7-9,11H2,1-6H3. The van der Waals surface area contributed by atoms with Crippen molar-refractivity contribution in [2.24, 2.45) is 0 Å². The highest BCUT2D eigenvalue weighted by atomic mass is 32.1. The molecule has 0 aliphatic heterocycles. The fourth-order valence-electron chi connectivity index (χ4n) is 1.77. The Morgan fingerprint density at radius 3 is 2.42 bits per heavy atom. The van der Waals surface area contributed by atoms with Crippen molar-refractivity contribution < 1.29 is 4.74 Å². The smallest absolute Gasteiger partial charge is 0.115 e. The zero-order valence-electron chi connectivity index (χ0n) is 13.2. The molecule has 1 atom stereocenters. The normalized spacial score (nSPS) is 15.5. The van der Waals surface area contributed by atoms with Crippen LogP contribution < -0.4 is 5.32 Å². The first-order chi connectivity index (χ1) is 8.83. The van der Waals surface area contributed by atoms with Crippen LogP contribution in [0.5, 0.6) is 0 Å². The highest BCUT2D eigenvalue weighted by Gasteiger charge is 2.31. The summed E-state index contributed by atoms with van der Waals surface area (Å²) in [5.41, 5.74) is 1.08. The molecule has 4 heteroatoms. The van der Waals surface area contributed by atoms with Gasteiger partial charge in [-0.2, -0.15) is 0 Å². The quantitative estimate of drug-likeness (QED) is 0.829. The molecule has 0 fully saturated rings. The van der Waals surface area contributed by atoms with Gasteiger partial charge >= 0.3 is 0 Å². The van der Waals surface area contributed by atoms with Crippen molar-refractivity contribution in [3.8, 4) is 0 Å². The van der Waals surface area contributed by atoms with Gasteiger partial charge in [-0.15, -0.1) is 11.3 Å². The number of ether oxygens (including phenoxy) is 1. The molecule has 0 aromatic carbocycles. The fraction of sp³-hybridized carbons (Fsp3) is 0.800. The Labute approximate surface area is 121 Å². The third kappa shape index (κ3) is 4.55. The fourth-order valence-corrected chi connectivity index (χ4v) is 2.94. The van der Waals surface area contributed by atoms with Gasteiger partial charge in [0.1, 0.15) is 5.01 Å². The van der Waals surface area contributed by atoms with Crippen LogP contribution in [0.25, 0.3) is 0 Å². The van der Waals surface area contributed by atoms with Crippen molar-refractivity contribution in [1.29, 1.82) is 0 Å². The molecule has 1 aromatic heterocycles. The summed E-state index contributed by atoms with van der Waals surface area (Å²) in [5, 5.41) is 6.88. The van der Waals surface area contributed by atoms with Crippen LogP contribution in [0.3, 0.4) is 0 Å². The summed E-state index contributed by atoms with van der Waals surface area (Å²) in [6, 6.07) is 0. The van der Waals surface area contributed by atoms with E-state index in [2.05, 4.69) is 45.3 Å². The molecule has 1 N–H and O–H groups in total. The van der Waals surface area contributed by atoms with Gasteiger partial charge in [-0.1, -0.05) is 27.7 Å². The first kappa shape index (κ1) is 16.6. The van der Waals surface area contributed by atoms with Crippen LogP contribution in [0.15, 0.2) is 5.38 Å². The second-order valence-electron chi connectivity index (χ2n) is 6.18. The van der Waals surface area contributed by atoms with E-state index in [1.54, 1.807) is 11.3 Å². The van der Waals surface area contributed by atoms with Crippen LogP contribution in [-0.4, -0.2) is 24.7 Å². The van der Waals surface area contributed by atoms with Gasteiger partial charge in [0.05, 0.1) is 17.8 Å². The second kappa shape index (κ2) is 6.82. The maximum atomic E-state index is 5.65. The molecule has 1 rings (SSSR count). The molecular formula is C15H28N2OS. The summed E-state index contributed by atoms with van der Waals surface area (Å²) in [6.45, 7) is 15.4. The van der Waals surface area contributed by atoms with Gasteiger partial charge < -0.3 is 10.1 Å². The highest BCUT2D eigenvalue weighted by Crippen LogP contribution is 2.30. The van der Waals surface area contributed by atoms with E-state index in [-0.39, 0.29) is 11.0 Å². The zero-order chi connectivity index (χ0) is 14.5. The van der Waals surface area contributed by atoms with Crippen molar-refractivity contribution in [3.63, 3.8) is 0 Å². The van der Waals surface area contributed by atoms with Crippen molar-refractivity contribution >= 4 is 11.3 Å². The van der Waals surface area contributed by atoms with Gasteiger partial charge in [0.25, 0.3) is 0 Å². The molecule has 1 heterocycles. The molecule has 0 spiro atoms. The van der Waals surface area contributed by atoms with E-state index in [1.807, 2.05) is 6.92 Å². The van der Waals surface area contributed by atoms with E-state index in [4.69, 9.17) is 9.72 Å². The van der Waals surface area contributed by atoms with Crippen LogP contribution in [0.2, 0.25) is 0 Å². The third-order valence-electron chi connectivity index (χ3n) is 3.10. The van der Waals surface area contributed by atoms with Crippen LogP contribution >= 0.6 is 11.3 Å². The Bertz CT molecular complexity index is 374. The molecule has 1 unspecified atom stereocenters. The number of nitrogens with zero attached hydrogens (tertiary/aromatic N) is 1. The van der Waals surface area contributed by atoms with E-state index in [0.717, 1.165) is 30.3 Å². The molecule has 0 aliphatic carbocycles. The maximum Gasteiger partial charge on any atom is 0.115 e. The molecule has 0 radical (unpaired) electrons. The van der Waals surface area contributed by atoms with Crippen LogP contribution in [0.1, 0.15) is 58.7 Å².